The van der Waals surface area contributed by atoms with Crippen molar-refractivity contribution in [2.24, 2.45) is 5.92 Å². The van der Waals surface area contributed by atoms with Crippen LogP contribution in [0.5, 0.6) is 0 Å². The van der Waals surface area contributed by atoms with Crippen LogP contribution in [0, 0.1) is 5.92 Å². The van der Waals surface area contributed by atoms with Crippen LogP contribution in [-0.2, 0) is 9.53 Å². The van der Waals surface area contributed by atoms with E-state index in [9.17, 15) is 4.79 Å². The molecule has 0 N–H and O–H groups in total. The predicted molar refractivity (Wildman–Crippen MR) is 54.7 cm³/mol. The van der Waals surface area contributed by atoms with Gasteiger partial charge in [0.1, 0.15) is 6.29 Å². The first-order valence-corrected chi connectivity index (χ1v) is 4.89. The van der Waals surface area contributed by atoms with E-state index in [1.54, 1.807) is 7.11 Å². The topological polar surface area (TPSA) is 26.3 Å². The van der Waals surface area contributed by atoms with E-state index in [0.29, 0.717) is 5.92 Å². The molecule has 0 aliphatic carbocycles. The molecule has 2 nitrogen and oxygen atoms in total. The molecule has 0 saturated heterocycles. The van der Waals surface area contributed by atoms with Crippen molar-refractivity contribution >= 4 is 6.29 Å². The van der Waals surface area contributed by atoms with Crippen molar-refractivity contribution < 1.29 is 9.53 Å². The summed E-state index contributed by atoms with van der Waals surface area (Å²) in [6.45, 7) is 4.36. The van der Waals surface area contributed by atoms with Crippen LogP contribution in [0.3, 0.4) is 0 Å². The number of hydrogen-bond donors (Lipinski definition) is 0. The van der Waals surface area contributed by atoms with Crippen molar-refractivity contribution in [3.8, 4) is 0 Å². The van der Waals surface area contributed by atoms with Gasteiger partial charge in [-0.1, -0.05) is 26.3 Å². The molecule has 0 aromatic carbocycles. The molecular formula is C11H20O2. The molecule has 13 heavy (non-hydrogen) atoms. The molecule has 0 aliphatic heterocycles. The summed E-state index contributed by atoms with van der Waals surface area (Å²) in [5.41, 5.74) is 0. The second-order valence-electron chi connectivity index (χ2n) is 3.34. The van der Waals surface area contributed by atoms with Crippen LogP contribution in [0.25, 0.3) is 0 Å². The summed E-state index contributed by atoms with van der Waals surface area (Å²) >= 11 is 0. The minimum absolute atomic E-state index is 0.246. The fraction of sp³-hybridized carbons (Fsp3) is 0.727. The van der Waals surface area contributed by atoms with Gasteiger partial charge in [-0.3, -0.25) is 4.79 Å². The maximum absolute atomic E-state index is 10.0. The van der Waals surface area contributed by atoms with Gasteiger partial charge in [0.15, 0.2) is 0 Å². The molecule has 0 fully saturated rings. The van der Waals surface area contributed by atoms with E-state index in [-0.39, 0.29) is 6.10 Å². The van der Waals surface area contributed by atoms with Gasteiger partial charge in [0.05, 0.1) is 6.10 Å². The van der Waals surface area contributed by atoms with E-state index in [1.165, 1.54) is 18.9 Å². The molecule has 2 atom stereocenters. The first-order valence-electron chi connectivity index (χ1n) is 4.89. The van der Waals surface area contributed by atoms with Gasteiger partial charge >= 0.3 is 0 Å². The standard InChI is InChI=1S/C11H20O2/c1-4-7-10(2)11(13-3)8-5-6-9-12/h5-6,9-11H,4,7-8H2,1-3H3. The Balaban J connectivity index is 3.85. The Bertz CT molecular complexity index is 152. The minimum Gasteiger partial charge on any atom is -0.381 e. The molecule has 0 aromatic rings. The summed E-state index contributed by atoms with van der Waals surface area (Å²) in [7, 11) is 1.73. The van der Waals surface area contributed by atoms with Crippen molar-refractivity contribution in [1.29, 1.82) is 0 Å². The van der Waals surface area contributed by atoms with Crippen molar-refractivity contribution in [2.45, 2.75) is 39.2 Å². The number of carbonyl (C=O) groups excluding carboxylic acids is 1. The quantitative estimate of drug-likeness (QED) is 0.449. The van der Waals surface area contributed by atoms with Crippen molar-refractivity contribution in [2.75, 3.05) is 7.11 Å². The lowest BCUT2D eigenvalue weighted by Crippen LogP contribution is -2.19. The first kappa shape index (κ1) is 12.4. The molecule has 0 rings (SSSR count). The number of ether oxygens (including phenoxy) is 1. The van der Waals surface area contributed by atoms with Gasteiger partial charge in [-0.05, 0) is 24.8 Å². The van der Waals surface area contributed by atoms with E-state index in [2.05, 4.69) is 13.8 Å². The SMILES string of the molecule is CCCC(C)C(CC=CC=O)OC. The van der Waals surface area contributed by atoms with Gasteiger partial charge in [-0.15, -0.1) is 0 Å². The summed E-state index contributed by atoms with van der Waals surface area (Å²) in [6, 6.07) is 0. The Hall–Kier alpha value is -0.630. The van der Waals surface area contributed by atoms with Crippen LogP contribution < -0.4 is 0 Å². The number of aldehydes is 1. The minimum atomic E-state index is 0.246. The van der Waals surface area contributed by atoms with E-state index in [1.807, 2.05) is 6.08 Å². The molecule has 0 amide bonds. The Morgan fingerprint density at radius 2 is 2.15 bits per heavy atom. The van der Waals surface area contributed by atoms with E-state index in [4.69, 9.17) is 4.74 Å². The number of methoxy groups -OCH3 is 1. The predicted octanol–water partition coefficient (Wildman–Crippen LogP) is 2.58. The lowest BCUT2D eigenvalue weighted by atomic mass is 9.97. The highest BCUT2D eigenvalue weighted by molar-refractivity contribution is 5.64. The van der Waals surface area contributed by atoms with E-state index in [0.717, 1.165) is 12.7 Å². The molecular weight excluding hydrogens is 164 g/mol. The van der Waals surface area contributed by atoms with Crippen LogP contribution >= 0.6 is 0 Å². The van der Waals surface area contributed by atoms with Crippen molar-refractivity contribution in [3.63, 3.8) is 0 Å². The van der Waals surface area contributed by atoms with Gasteiger partial charge in [0.25, 0.3) is 0 Å². The third-order valence-electron chi connectivity index (χ3n) is 2.26. The highest BCUT2D eigenvalue weighted by Gasteiger charge is 2.13. The second kappa shape index (κ2) is 7.99. The highest BCUT2D eigenvalue weighted by atomic mass is 16.5. The molecule has 76 valence electrons. The fourth-order valence-corrected chi connectivity index (χ4v) is 1.47. The second-order valence-corrected chi connectivity index (χ2v) is 3.34. The maximum atomic E-state index is 10.0. The van der Waals surface area contributed by atoms with Gasteiger partial charge in [0.2, 0.25) is 0 Å². The van der Waals surface area contributed by atoms with E-state index >= 15 is 0 Å². The van der Waals surface area contributed by atoms with Gasteiger partial charge in [0, 0.05) is 7.11 Å². The zero-order valence-corrected chi connectivity index (χ0v) is 8.82. The molecule has 0 heterocycles. The van der Waals surface area contributed by atoms with Gasteiger partial charge in [-0.25, -0.2) is 0 Å². The third kappa shape index (κ3) is 5.58. The van der Waals surface area contributed by atoms with Crippen molar-refractivity contribution in [3.05, 3.63) is 12.2 Å². The van der Waals surface area contributed by atoms with Gasteiger partial charge in [-0.2, -0.15) is 0 Å². The molecule has 0 radical (unpaired) electrons. The monoisotopic (exact) mass is 184 g/mol. The normalized spacial score (nSPS) is 15.9. The average molecular weight is 184 g/mol. The smallest absolute Gasteiger partial charge is 0.142 e. The molecule has 0 aromatic heterocycles. The maximum Gasteiger partial charge on any atom is 0.142 e. The third-order valence-corrected chi connectivity index (χ3v) is 2.26. The average Bonchev–Trinajstić information content (AvgIpc) is 2.13. The Morgan fingerprint density at radius 1 is 1.46 bits per heavy atom. The Labute approximate surface area is 81.0 Å². The van der Waals surface area contributed by atoms with Crippen LogP contribution in [0.1, 0.15) is 33.1 Å². The first-order chi connectivity index (χ1) is 6.26. The number of rotatable bonds is 7. The lowest BCUT2D eigenvalue weighted by molar-refractivity contribution is -0.104. The number of carbonyl (C=O) groups is 1. The molecule has 0 saturated carbocycles. The Morgan fingerprint density at radius 3 is 2.62 bits per heavy atom. The van der Waals surface area contributed by atoms with E-state index < -0.39 is 0 Å². The Kier molecular flexibility index (Phi) is 7.60. The fourth-order valence-electron chi connectivity index (χ4n) is 1.47. The lowest BCUT2D eigenvalue weighted by Gasteiger charge is -2.20. The zero-order valence-electron chi connectivity index (χ0n) is 8.82. The summed E-state index contributed by atoms with van der Waals surface area (Å²) in [5, 5.41) is 0. The summed E-state index contributed by atoms with van der Waals surface area (Å²) in [5.74, 6) is 0.561. The van der Waals surface area contributed by atoms with Crippen LogP contribution in [0.4, 0.5) is 0 Å². The molecule has 0 bridgehead atoms. The van der Waals surface area contributed by atoms with Crippen LogP contribution in [0.2, 0.25) is 0 Å². The largest absolute Gasteiger partial charge is 0.381 e. The zero-order chi connectivity index (χ0) is 10.1. The molecule has 2 heteroatoms. The number of allylic oxidation sites excluding steroid dienone is 1. The summed E-state index contributed by atoms with van der Waals surface area (Å²) < 4.78 is 5.34. The summed E-state index contributed by atoms with van der Waals surface area (Å²) in [4.78, 5) is 10.0. The summed E-state index contributed by atoms with van der Waals surface area (Å²) in [6.07, 6.45) is 7.63. The highest BCUT2D eigenvalue weighted by Crippen LogP contribution is 2.16. The van der Waals surface area contributed by atoms with Crippen LogP contribution in [0.15, 0.2) is 12.2 Å². The molecule has 0 spiro atoms. The van der Waals surface area contributed by atoms with Crippen LogP contribution in [-0.4, -0.2) is 19.5 Å². The number of hydrogen-bond acceptors (Lipinski definition) is 2. The van der Waals surface area contributed by atoms with Crippen molar-refractivity contribution in [1.82, 2.24) is 0 Å². The molecule has 2 unspecified atom stereocenters. The van der Waals surface area contributed by atoms with Gasteiger partial charge < -0.3 is 4.74 Å². The molecule has 0 aliphatic rings.